The summed E-state index contributed by atoms with van der Waals surface area (Å²) in [6.45, 7) is 0.884. The van der Waals surface area contributed by atoms with Gasteiger partial charge in [0.05, 0.1) is 0 Å². The molecule has 2 nitrogen and oxygen atoms in total. The fourth-order valence-corrected chi connectivity index (χ4v) is 3.60. The molecule has 21 heavy (non-hydrogen) atoms. The second kappa shape index (κ2) is 5.19. The van der Waals surface area contributed by atoms with Crippen LogP contribution in [-0.4, -0.2) is 9.55 Å². The quantitative estimate of drug-likeness (QED) is 0.529. The van der Waals surface area contributed by atoms with E-state index in [1.807, 2.05) is 29.8 Å². The van der Waals surface area contributed by atoms with Gasteiger partial charge in [-0.2, -0.15) is 0 Å². The van der Waals surface area contributed by atoms with Crippen LogP contribution in [0.5, 0.6) is 0 Å². The summed E-state index contributed by atoms with van der Waals surface area (Å²) in [6.07, 6.45) is 5.86. The minimum Gasteiger partial charge on any atom is -0.343 e. The summed E-state index contributed by atoms with van der Waals surface area (Å²) >= 11 is 1.81. The van der Waals surface area contributed by atoms with E-state index < -0.39 is 0 Å². The van der Waals surface area contributed by atoms with E-state index in [1.54, 1.807) is 0 Å². The fourth-order valence-electron chi connectivity index (χ4n) is 2.69. The molecule has 0 unspecified atom stereocenters. The molecule has 0 aliphatic rings. The number of rotatable bonds is 3. The fraction of sp³-hybridized carbons (Fsp3) is 0.0556. The Labute approximate surface area is 127 Å². The Kier molecular flexibility index (Phi) is 3.05. The third kappa shape index (κ3) is 2.26. The average Bonchev–Trinajstić information content (AvgIpc) is 3.17. The molecule has 1 aromatic carbocycles. The summed E-state index contributed by atoms with van der Waals surface area (Å²) < 4.78 is 3.66. The molecule has 0 amide bonds. The highest BCUT2D eigenvalue weighted by atomic mass is 32.1. The van der Waals surface area contributed by atoms with Crippen molar-refractivity contribution in [3.63, 3.8) is 0 Å². The van der Waals surface area contributed by atoms with Crippen LogP contribution in [0.4, 0.5) is 0 Å². The van der Waals surface area contributed by atoms with Crippen molar-refractivity contribution in [2.75, 3.05) is 0 Å². The Morgan fingerprint density at radius 2 is 2.00 bits per heavy atom. The van der Waals surface area contributed by atoms with Gasteiger partial charge >= 0.3 is 0 Å². The maximum absolute atomic E-state index is 4.22. The first kappa shape index (κ1) is 12.4. The van der Waals surface area contributed by atoms with Gasteiger partial charge in [0, 0.05) is 41.1 Å². The molecule has 0 spiro atoms. The monoisotopic (exact) mass is 290 g/mol. The number of pyridine rings is 1. The van der Waals surface area contributed by atoms with Crippen molar-refractivity contribution in [1.82, 2.24) is 9.55 Å². The van der Waals surface area contributed by atoms with Gasteiger partial charge in [0.2, 0.25) is 0 Å². The molecule has 4 aromatic rings. The van der Waals surface area contributed by atoms with Crippen molar-refractivity contribution in [3.05, 3.63) is 78.1 Å². The lowest BCUT2D eigenvalue weighted by molar-refractivity contribution is 0.820. The number of thiophene rings is 1. The number of hydrogen-bond acceptors (Lipinski definition) is 2. The van der Waals surface area contributed by atoms with Gasteiger partial charge in [-0.15, -0.1) is 11.3 Å². The van der Waals surface area contributed by atoms with Gasteiger partial charge in [-0.1, -0.05) is 18.2 Å². The van der Waals surface area contributed by atoms with Gasteiger partial charge in [0.15, 0.2) is 0 Å². The van der Waals surface area contributed by atoms with E-state index in [4.69, 9.17) is 0 Å². The number of fused-ring (bicyclic) bond motifs is 1. The van der Waals surface area contributed by atoms with E-state index in [1.165, 1.54) is 21.3 Å². The van der Waals surface area contributed by atoms with Crippen molar-refractivity contribution in [1.29, 1.82) is 0 Å². The second-order valence-electron chi connectivity index (χ2n) is 5.02. The zero-order valence-electron chi connectivity index (χ0n) is 11.4. The van der Waals surface area contributed by atoms with Crippen molar-refractivity contribution in [2.24, 2.45) is 0 Å². The van der Waals surface area contributed by atoms with Crippen molar-refractivity contribution >= 4 is 21.4 Å². The molecular weight excluding hydrogens is 276 g/mol. The van der Waals surface area contributed by atoms with Gasteiger partial charge < -0.3 is 4.57 Å². The van der Waals surface area contributed by atoms with Gasteiger partial charge in [-0.25, -0.2) is 0 Å². The van der Waals surface area contributed by atoms with Crippen LogP contribution < -0.4 is 0 Å². The lowest BCUT2D eigenvalue weighted by Crippen LogP contribution is -2.00. The highest BCUT2D eigenvalue weighted by molar-refractivity contribution is 7.17. The standard InChI is InChI=1S/C18H14N2S/c1-4-14-8-11-21-18(14)16(5-1)13-20-10-3-7-17(20)15-6-2-9-19-12-15/h1-12H,13H2. The second-order valence-corrected chi connectivity index (χ2v) is 5.94. The molecule has 0 N–H and O–H groups in total. The Balaban J connectivity index is 1.76. The van der Waals surface area contributed by atoms with E-state index in [0.717, 1.165) is 12.1 Å². The average molecular weight is 290 g/mol. The Hall–Kier alpha value is -2.39. The number of nitrogens with zero attached hydrogens (tertiary/aromatic N) is 2. The maximum Gasteiger partial charge on any atom is 0.0499 e. The van der Waals surface area contributed by atoms with Crippen molar-refractivity contribution in [3.8, 4) is 11.3 Å². The normalized spacial score (nSPS) is 11.0. The van der Waals surface area contributed by atoms with Crippen LogP contribution in [0.1, 0.15) is 5.56 Å². The summed E-state index contributed by atoms with van der Waals surface area (Å²) in [6, 6.07) is 17.0. The van der Waals surface area contributed by atoms with Gasteiger partial charge in [0.1, 0.15) is 0 Å². The van der Waals surface area contributed by atoms with Crippen molar-refractivity contribution < 1.29 is 0 Å². The van der Waals surface area contributed by atoms with Crippen LogP contribution in [0.25, 0.3) is 21.3 Å². The summed E-state index contributed by atoms with van der Waals surface area (Å²) in [7, 11) is 0. The molecule has 0 bridgehead atoms. The minimum absolute atomic E-state index is 0.884. The zero-order valence-corrected chi connectivity index (χ0v) is 12.3. The van der Waals surface area contributed by atoms with Crippen LogP contribution in [-0.2, 0) is 6.54 Å². The van der Waals surface area contributed by atoms with Crippen LogP contribution in [0.15, 0.2) is 72.5 Å². The third-order valence-corrected chi connectivity index (χ3v) is 4.69. The minimum atomic E-state index is 0.884. The number of aromatic nitrogens is 2. The van der Waals surface area contributed by atoms with Crippen LogP contribution in [0.2, 0.25) is 0 Å². The zero-order chi connectivity index (χ0) is 14.1. The molecule has 0 atom stereocenters. The first-order chi connectivity index (χ1) is 10.4. The molecule has 0 saturated heterocycles. The van der Waals surface area contributed by atoms with Crippen LogP contribution in [0, 0.1) is 0 Å². The molecule has 3 aromatic heterocycles. The summed E-state index contributed by atoms with van der Waals surface area (Å²) in [5.74, 6) is 0. The smallest absolute Gasteiger partial charge is 0.0499 e. The number of benzene rings is 1. The Morgan fingerprint density at radius 3 is 2.90 bits per heavy atom. The predicted octanol–water partition coefficient (Wildman–Crippen LogP) is 4.81. The molecule has 0 radical (unpaired) electrons. The lowest BCUT2D eigenvalue weighted by atomic mass is 10.1. The first-order valence-corrected chi connectivity index (χ1v) is 7.80. The summed E-state index contributed by atoms with van der Waals surface area (Å²) in [4.78, 5) is 4.22. The first-order valence-electron chi connectivity index (χ1n) is 6.92. The molecule has 102 valence electrons. The van der Waals surface area contributed by atoms with E-state index >= 15 is 0 Å². The molecule has 4 rings (SSSR count). The third-order valence-electron chi connectivity index (χ3n) is 3.69. The molecule has 0 aliphatic carbocycles. The van der Waals surface area contributed by atoms with Crippen LogP contribution in [0.3, 0.4) is 0 Å². The SMILES string of the molecule is c1cncc(-c2cccn2Cc2cccc3ccsc23)c1. The highest BCUT2D eigenvalue weighted by Gasteiger charge is 2.07. The van der Waals surface area contributed by atoms with Gasteiger partial charge in [-0.05, 0) is 46.7 Å². The lowest BCUT2D eigenvalue weighted by Gasteiger charge is -2.10. The molecular formula is C18H14N2S. The Bertz CT molecular complexity index is 874. The molecule has 0 aliphatic heterocycles. The Morgan fingerprint density at radius 1 is 1.00 bits per heavy atom. The van der Waals surface area contributed by atoms with Gasteiger partial charge in [0.25, 0.3) is 0 Å². The molecule has 3 heterocycles. The molecule has 3 heteroatoms. The van der Waals surface area contributed by atoms with Gasteiger partial charge in [-0.3, -0.25) is 4.98 Å². The largest absolute Gasteiger partial charge is 0.343 e. The summed E-state index contributed by atoms with van der Waals surface area (Å²) in [5, 5.41) is 3.49. The summed E-state index contributed by atoms with van der Waals surface area (Å²) in [5.41, 5.74) is 3.72. The molecule has 0 fully saturated rings. The van der Waals surface area contributed by atoms with Crippen molar-refractivity contribution in [2.45, 2.75) is 6.54 Å². The van der Waals surface area contributed by atoms with E-state index in [2.05, 4.69) is 63.6 Å². The van der Waals surface area contributed by atoms with Crippen LogP contribution >= 0.6 is 11.3 Å². The van der Waals surface area contributed by atoms with E-state index in [9.17, 15) is 0 Å². The topological polar surface area (TPSA) is 17.8 Å². The highest BCUT2D eigenvalue weighted by Crippen LogP contribution is 2.27. The maximum atomic E-state index is 4.22. The predicted molar refractivity (Wildman–Crippen MR) is 88.6 cm³/mol. The van der Waals surface area contributed by atoms with E-state index in [0.29, 0.717) is 0 Å². The molecule has 0 saturated carbocycles. The number of hydrogen-bond donors (Lipinski definition) is 0. The van der Waals surface area contributed by atoms with E-state index in [-0.39, 0.29) is 0 Å².